The van der Waals surface area contributed by atoms with Crippen LogP contribution in [-0.2, 0) is 16.1 Å². The molecule has 8 nitrogen and oxygen atoms in total. The fourth-order valence-corrected chi connectivity index (χ4v) is 2.88. The molecule has 1 heterocycles. The van der Waals surface area contributed by atoms with Gasteiger partial charge in [0.2, 0.25) is 5.91 Å². The van der Waals surface area contributed by atoms with Crippen molar-refractivity contribution in [1.29, 1.82) is 0 Å². The maximum Gasteiger partial charge on any atom is 0.242 e. The molecule has 1 atom stereocenters. The highest BCUT2D eigenvalue weighted by molar-refractivity contribution is 14.0. The van der Waals surface area contributed by atoms with Crippen molar-refractivity contribution in [3.63, 3.8) is 0 Å². The first-order chi connectivity index (χ1) is 13.6. The minimum Gasteiger partial charge on any atom is -0.497 e. The molecule has 29 heavy (non-hydrogen) atoms. The van der Waals surface area contributed by atoms with Crippen LogP contribution in [0.15, 0.2) is 29.3 Å². The highest BCUT2D eigenvalue weighted by Crippen LogP contribution is 2.10. The quantitative estimate of drug-likeness (QED) is 0.258. The van der Waals surface area contributed by atoms with Gasteiger partial charge in [0.25, 0.3) is 0 Å². The Labute approximate surface area is 190 Å². The maximum absolute atomic E-state index is 12.1. The van der Waals surface area contributed by atoms with Gasteiger partial charge in [-0.1, -0.05) is 12.1 Å². The molecule has 0 saturated carbocycles. The number of methoxy groups -OCH3 is 1. The van der Waals surface area contributed by atoms with Gasteiger partial charge < -0.3 is 25.4 Å². The molecule has 164 valence electrons. The summed E-state index contributed by atoms with van der Waals surface area (Å²) in [6, 6.07) is 7.99. The van der Waals surface area contributed by atoms with E-state index in [1.54, 1.807) is 7.11 Å². The van der Waals surface area contributed by atoms with Crippen LogP contribution in [0.1, 0.15) is 19.4 Å². The normalized spacial score (nSPS) is 15.8. The number of carbonyl (C=O) groups excluding carboxylic acids is 1. The van der Waals surface area contributed by atoms with E-state index >= 15 is 0 Å². The SMILES string of the molecule is CCNC(=NCC(=O)NCc1ccc(OC)cc1)NCC(C)N1CCOCC1.I. The van der Waals surface area contributed by atoms with Crippen LogP contribution in [0.3, 0.4) is 0 Å². The van der Waals surface area contributed by atoms with Crippen LogP contribution < -0.4 is 20.7 Å². The zero-order valence-electron chi connectivity index (χ0n) is 17.6. The van der Waals surface area contributed by atoms with Gasteiger partial charge in [-0.2, -0.15) is 0 Å². The van der Waals surface area contributed by atoms with Gasteiger partial charge in [0.05, 0.1) is 20.3 Å². The van der Waals surface area contributed by atoms with Crippen LogP contribution in [0.2, 0.25) is 0 Å². The Morgan fingerprint density at radius 1 is 1.21 bits per heavy atom. The Balaban J connectivity index is 0.00000420. The molecule has 0 aromatic heterocycles. The Bertz CT molecular complexity index is 621. The highest BCUT2D eigenvalue weighted by Gasteiger charge is 2.17. The molecule has 2 rings (SSSR count). The first-order valence-corrected chi connectivity index (χ1v) is 9.86. The molecular formula is C20H34IN5O3. The van der Waals surface area contributed by atoms with Crippen LogP contribution in [0, 0.1) is 0 Å². The molecule has 1 aromatic carbocycles. The van der Waals surface area contributed by atoms with Crippen molar-refractivity contribution >= 4 is 35.8 Å². The average Bonchev–Trinajstić information content (AvgIpc) is 2.75. The van der Waals surface area contributed by atoms with E-state index < -0.39 is 0 Å². The lowest BCUT2D eigenvalue weighted by molar-refractivity contribution is -0.119. The zero-order valence-corrected chi connectivity index (χ0v) is 19.9. The summed E-state index contributed by atoms with van der Waals surface area (Å²) < 4.78 is 10.5. The summed E-state index contributed by atoms with van der Waals surface area (Å²) in [5.41, 5.74) is 1.02. The predicted molar refractivity (Wildman–Crippen MR) is 126 cm³/mol. The highest BCUT2D eigenvalue weighted by atomic mass is 127. The van der Waals surface area contributed by atoms with Gasteiger partial charge in [0.15, 0.2) is 5.96 Å². The van der Waals surface area contributed by atoms with Crippen molar-refractivity contribution in [3.05, 3.63) is 29.8 Å². The van der Waals surface area contributed by atoms with Crippen LogP contribution in [0.4, 0.5) is 0 Å². The number of amides is 1. The Kier molecular flexibility index (Phi) is 12.6. The van der Waals surface area contributed by atoms with Crippen molar-refractivity contribution in [2.24, 2.45) is 4.99 Å². The molecule has 1 amide bonds. The van der Waals surface area contributed by atoms with E-state index in [4.69, 9.17) is 9.47 Å². The summed E-state index contributed by atoms with van der Waals surface area (Å²) in [5.74, 6) is 1.34. The largest absolute Gasteiger partial charge is 0.497 e. The van der Waals surface area contributed by atoms with E-state index in [2.05, 4.69) is 32.8 Å². The van der Waals surface area contributed by atoms with E-state index in [1.807, 2.05) is 31.2 Å². The first-order valence-electron chi connectivity index (χ1n) is 9.86. The maximum atomic E-state index is 12.1. The van der Waals surface area contributed by atoms with E-state index in [-0.39, 0.29) is 36.4 Å². The standard InChI is InChI=1S/C20H33N5O3.HI/c1-4-21-20(23-13-16(2)25-9-11-28-12-10-25)24-15-19(26)22-14-17-5-7-18(27-3)8-6-17;/h5-8,16H,4,9-15H2,1-3H3,(H,22,26)(H2,21,23,24);1H. The van der Waals surface area contributed by atoms with Gasteiger partial charge in [-0.25, -0.2) is 4.99 Å². The molecular weight excluding hydrogens is 485 g/mol. The van der Waals surface area contributed by atoms with Crippen LogP contribution in [-0.4, -0.2) is 75.9 Å². The fraction of sp³-hybridized carbons (Fsp3) is 0.600. The monoisotopic (exact) mass is 519 g/mol. The number of morpholine rings is 1. The fourth-order valence-electron chi connectivity index (χ4n) is 2.88. The lowest BCUT2D eigenvalue weighted by Crippen LogP contribution is -2.49. The lowest BCUT2D eigenvalue weighted by atomic mass is 10.2. The second-order valence-electron chi connectivity index (χ2n) is 6.70. The van der Waals surface area contributed by atoms with Gasteiger partial charge in [-0.15, -0.1) is 24.0 Å². The predicted octanol–water partition coefficient (Wildman–Crippen LogP) is 1.21. The molecule has 1 fully saturated rings. The number of hydrogen-bond acceptors (Lipinski definition) is 5. The smallest absolute Gasteiger partial charge is 0.242 e. The Morgan fingerprint density at radius 3 is 2.52 bits per heavy atom. The number of ether oxygens (including phenoxy) is 2. The second kappa shape index (κ2) is 14.4. The summed E-state index contributed by atoms with van der Waals surface area (Å²) in [4.78, 5) is 18.9. The Morgan fingerprint density at radius 2 is 1.90 bits per heavy atom. The number of rotatable bonds is 9. The number of nitrogens with zero attached hydrogens (tertiary/aromatic N) is 2. The molecule has 1 aliphatic rings. The molecule has 1 aromatic rings. The minimum absolute atomic E-state index is 0. The zero-order chi connectivity index (χ0) is 20.2. The summed E-state index contributed by atoms with van der Waals surface area (Å²) in [6.07, 6.45) is 0. The Hall–Kier alpha value is -1.59. The minimum atomic E-state index is -0.116. The number of carbonyl (C=O) groups is 1. The van der Waals surface area contributed by atoms with E-state index in [0.717, 1.165) is 50.7 Å². The van der Waals surface area contributed by atoms with Gasteiger partial charge in [0.1, 0.15) is 12.3 Å². The molecule has 3 N–H and O–H groups in total. The average molecular weight is 519 g/mol. The van der Waals surface area contributed by atoms with Crippen molar-refractivity contribution in [3.8, 4) is 5.75 Å². The van der Waals surface area contributed by atoms with Gasteiger partial charge >= 0.3 is 0 Å². The summed E-state index contributed by atoms with van der Waals surface area (Å²) >= 11 is 0. The molecule has 1 saturated heterocycles. The number of nitrogens with one attached hydrogen (secondary N) is 3. The number of guanidine groups is 1. The second-order valence-corrected chi connectivity index (χ2v) is 6.70. The summed E-state index contributed by atoms with van der Waals surface area (Å²) in [7, 11) is 1.63. The third-order valence-electron chi connectivity index (χ3n) is 4.61. The third kappa shape index (κ3) is 9.64. The number of hydrogen-bond donors (Lipinski definition) is 3. The van der Waals surface area contributed by atoms with E-state index in [0.29, 0.717) is 18.5 Å². The number of aliphatic imine (C=N–C) groups is 1. The van der Waals surface area contributed by atoms with E-state index in [1.165, 1.54) is 0 Å². The topological polar surface area (TPSA) is 87.2 Å². The number of halogens is 1. The first kappa shape index (κ1) is 25.4. The summed E-state index contributed by atoms with van der Waals surface area (Å²) in [6.45, 7) is 9.71. The van der Waals surface area contributed by atoms with Crippen LogP contribution >= 0.6 is 24.0 Å². The molecule has 1 unspecified atom stereocenters. The molecule has 9 heteroatoms. The van der Waals surface area contributed by atoms with Crippen molar-refractivity contribution in [1.82, 2.24) is 20.9 Å². The van der Waals surface area contributed by atoms with Crippen molar-refractivity contribution in [2.75, 3.05) is 53.0 Å². The third-order valence-corrected chi connectivity index (χ3v) is 4.61. The summed E-state index contributed by atoms with van der Waals surface area (Å²) in [5, 5.41) is 9.39. The van der Waals surface area contributed by atoms with Gasteiger partial charge in [-0.3, -0.25) is 9.69 Å². The molecule has 0 aliphatic carbocycles. The van der Waals surface area contributed by atoms with E-state index in [9.17, 15) is 4.79 Å². The van der Waals surface area contributed by atoms with Crippen LogP contribution in [0.5, 0.6) is 5.75 Å². The lowest BCUT2D eigenvalue weighted by Gasteiger charge is -2.32. The molecule has 0 radical (unpaired) electrons. The van der Waals surface area contributed by atoms with Crippen LogP contribution in [0.25, 0.3) is 0 Å². The van der Waals surface area contributed by atoms with Gasteiger partial charge in [0, 0.05) is 38.8 Å². The van der Waals surface area contributed by atoms with Crippen molar-refractivity contribution in [2.45, 2.75) is 26.4 Å². The number of benzene rings is 1. The molecule has 0 spiro atoms. The molecule has 0 bridgehead atoms. The van der Waals surface area contributed by atoms with Gasteiger partial charge in [-0.05, 0) is 31.5 Å². The van der Waals surface area contributed by atoms with Crippen molar-refractivity contribution < 1.29 is 14.3 Å². The molecule has 1 aliphatic heterocycles.